The van der Waals surface area contributed by atoms with Crippen LogP contribution in [0.5, 0.6) is 0 Å². The minimum atomic E-state index is -0.361. The van der Waals surface area contributed by atoms with Crippen LogP contribution in [0.2, 0.25) is 0 Å². The second-order valence-electron chi connectivity index (χ2n) is 6.75. The van der Waals surface area contributed by atoms with Crippen molar-refractivity contribution < 1.29 is 9.53 Å². The van der Waals surface area contributed by atoms with Crippen molar-refractivity contribution in [1.29, 1.82) is 0 Å². The first-order valence-corrected chi connectivity index (χ1v) is 9.13. The standard InChI is InChI=1S/C22H24N4O2/c1-14(2)18-7-5-6-8-19(18)26-21-13-20(23-15(3)24-21)25-17-11-9-16(10-12-17)22(27)28-4/h5-14H,1-4H3,(H2,23,24,25,26). The summed E-state index contributed by atoms with van der Waals surface area (Å²) in [6.45, 7) is 6.18. The van der Waals surface area contributed by atoms with Crippen molar-refractivity contribution in [1.82, 2.24) is 9.97 Å². The van der Waals surface area contributed by atoms with Crippen LogP contribution in [-0.4, -0.2) is 23.0 Å². The topological polar surface area (TPSA) is 76.1 Å². The minimum Gasteiger partial charge on any atom is -0.465 e. The minimum absolute atomic E-state index is 0.361. The highest BCUT2D eigenvalue weighted by atomic mass is 16.5. The van der Waals surface area contributed by atoms with Gasteiger partial charge in [0.05, 0.1) is 12.7 Å². The zero-order chi connectivity index (χ0) is 20.1. The van der Waals surface area contributed by atoms with Gasteiger partial charge in [-0.2, -0.15) is 0 Å². The number of rotatable bonds is 6. The fraction of sp³-hybridized carbons (Fsp3) is 0.227. The number of methoxy groups -OCH3 is 1. The molecule has 6 heteroatoms. The summed E-state index contributed by atoms with van der Waals surface area (Å²) in [4.78, 5) is 20.5. The van der Waals surface area contributed by atoms with Crippen molar-refractivity contribution in [3.05, 3.63) is 71.5 Å². The number of carbonyl (C=O) groups is 1. The zero-order valence-electron chi connectivity index (χ0n) is 16.5. The average Bonchev–Trinajstić information content (AvgIpc) is 2.68. The molecule has 2 N–H and O–H groups in total. The first-order chi connectivity index (χ1) is 13.5. The summed E-state index contributed by atoms with van der Waals surface area (Å²) >= 11 is 0. The van der Waals surface area contributed by atoms with Gasteiger partial charge in [0.2, 0.25) is 0 Å². The third-order valence-corrected chi connectivity index (χ3v) is 4.26. The molecule has 2 aromatic carbocycles. The van der Waals surface area contributed by atoms with Gasteiger partial charge in [0, 0.05) is 17.4 Å². The molecular weight excluding hydrogens is 352 g/mol. The van der Waals surface area contributed by atoms with Crippen molar-refractivity contribution >= 4 is 29.0 Å². The Morgan fingerprint density at radius 2 is 1.61 bits per heavy atom. The summed E-state index contributed by atoms with van der Waals surface area (Å²) in [5.74, 6) is 2.08. The Kier molecular flexibility index (Phi) is 5.89. The summed E-state index contributed by atoms with van der Waals surface area (Å²) in [6.07, 6.45) is 0. The Balaban J connectivity index is 1.81. The number of anilines is 4. The fourth-order valence-electron chi connectivity index (χ4n) is 2.90. The van der Waals surface area contributed by atoms with Crippen molar-refractivity contribution in [3.8, 4) is 0 Å². The number of nitrogens with one attached hydrogen (secondary N) is 2. The van der Waals surface area contributed by atoms with E-state index in [1.54, 1.807) is 12.1 Å². The molecule has 0 saturated heterocycles. The van der Waals surface area contributed by atoms with E-state index in [9.17, 15) is 4.79 Å². The molecule has 0 radical (unpaired) electrons. The molecule has 0 fully saturated rings. The smallest absolute Gasteiger partial charge is 0.337 e. The number of para-hydroxylation sites is 1. The van der Waals surface area contributed by atoms with E-state index >= 15 is 0 Å². The van der Waals surface area contributed by atoms with Crippen LogP contribution in [0.25, 0.3) is 0 Å². The summed E-state index contributed by atoms with van der Waals surface area (Å²) in [5, 5.41) is 6.65. The Hall–Kier alpha value is -3.41. The maximum absolute atomic E-state index is 11.5. The van der Waals surface area contributed by atoms with Crippen LogP contribution >= 0.6 is 0 Å². The molecule has 6 nitrogen and oxygen atoms in total. The van der Waals surface area contributed by atoms with Gasteiger partial charge >= 0.3 is 5.97 Å². The average molecular weight is 376 g/mol. The molecule has 0 aliphatic carbocycles. The van der Waals surface area contributed by atoms with Gasteiger partial charge in [0.25, 0.3) is 0 Å². The lowest BCUT2D eigenvalue weighted by Gasteiger charge is -2.15. The van der Waals surface area contributed by atoms with Crippen LogP contribution in [-0.2, 0) is 4.74 Å². The molecule has 0 saturated carbocycles. The maximum atomic E-state index is 11.5. The monoisotopic (exact) mass is 376 g/mol. The molecular formula is C22H24N4O2. The Bertz CT molecular complexity index is 969. The van der Waals surface area contributed by atoms with E-state index in [0.717, 1.165) is 11.4 Å². The van der Waals surface area contributed by atoms with E-state index < -0.39 is 0 Å². The second-order valence-corrected chi connectivity index (χ2v) is 6.75. The van der Waals surface area contributed by atoms with Gasteiger partial charge in [-0.05, 0) is 48.7 Å². The van der Waals surface area contributed by atoms with Gasteiger partial charge < -0.3 is 15.4 Å². The molecule has 3 aromatic rings. The lowest BCUT2D eigenvalue weighted by Crippen LogP contribution is -2.04. The molecule has 3 rings (SSSR count). The van der Waals surface area contributed by atoms with Crippen LogP contribution in [0.15, 0.2) is 54.6 Å². The molecule has 0 unspecified atom stereocenters. The largest absolute Gasteiger partial charge is 0.465 e. The molecule has 0 aliphatic heterocycles. The van der Waals surface area contributed by atoms with Crippen molar-refractivity contribution in [2.24, 2.45) is 0 Å². The SMILES string of the molecule is COC(=O)c1ccc(Nc2cc(Nc3ccccc3C(C)C)nc(C)n2)cc1. The first-order valence-electron chi connectivity index (χ1n) is 9.13. The number of benzene rings is 2. The maximum Gasteiger partial charge on any atom is 0.337 e. The van der Waals surface area contributed by atoms with E-state index in [4.69, 9.17) is 4.74 Å². The van der Waals surface area contributed by atoms with Crippen LogP contribution in [0, 0.1) is 6.92 Å². The number of aryl methyl sites for hydroxylation is 1. The number of aromatic nitrogens is 2. The zero-order valence-corrected chi connectivity index (χ0v) is 16.5. The molecule has 0 atom stereocenters. The van der Waals surface area contributed by atoms with Gasteiger partial charge in [0.1, 0.15) is 17.5 Å². The summed E-state index contributed by atoms with van der Waals surface area (Å²) < 4.78 is 4.72. The number of carbonyl (C=O) groups excluding carboxylic acids is 1. The van der Waals surface area contributed by atoms with E-state index in [-0.39, 0.29) is 5.97 Å². The number of ether oxygens (including phenoxy) is 1. The predicted octanol–water partition coefficient (Wildman–Crippen LogP) is 5.18. The number of hydrogen-bond donors (Lipinski definition) is 2. The molecule has 0 bridgehead atoms. The quantitative estimate of drug-likeness (QED) is 0.577. The molecule has 0 amide bonds. The van der Waals surface area contributed by atoms with Crippen LogP contribution in [0.3, 0.4) is 0 Å². The summed E-state index contributed by atoms with van der Waals surface area (Å²) in [6, 6.07) is 17.1. The van der Waals surface area contributed by atoms with Crippen molar-refractivity contribution in [3.63, 3.8) is 0 Å². The highest BCUT2D eigenvalue weighted by Gasteiger charge is 2.09. The normalized spacial score (nSPS) is 10.6. The van der Waals surface area contributed by atoms with E-state index in [0.29, 0.717) is 28.9 Å². The second kappa shape index (κ2) is 8.52. The third-order valence-electron chi connectivity index (χ3n) is 4.26. The highest BCUT2D eigenvalue weighted by Crippen LogP contribution is 2.27. The molecule has 28 heavy (non-hydrogen) atoms. The van der Waals surface area contributed by atoms with Crippen LogP contribution in [0.4, 0.5) is 23.0 Å². The Morgan fingerprint density at radius 3 is 2.25 bits per heavy atom. The van der Waals surface area contributed by atoms with Gasteiger partial charge in [-0.1, -0.05) is 32.0 Å². The number of esters is 1. The lowest BCUT2D eigenvalue weighted by atomic mass is 10.0. The summed E-state index contributed by atoms with van der Waals surface area (Å²) in [5.41, 5.74) is 3.58. The van der Waals surface area contributed by atoms with Gasteiger partial charge in [-0.15, -0.1) is 0 Å². The Labute approximate surface area is 165 Å². The van der Waals surface area contributed by atoms with Gasteiger partial charge in [0.15, 0.2) is 0 Å². The Morgan fingerprint density at radius 1 is 0.964 bits per heavy atom. The third kappa shape index (κ3) is 4.65. The number of hydrogen-bond acceptors (Lipinski definition) is 6. The molecule has 0 aliphatic rings. The van der Waals surface area contributed by atoms with E-state index in [1.807, 2.05) is 43.3 Å². The van der Waals surface area contributed by atoms with Crippen LogP contribution in [0.1, 0.15) is 41.5 Å². The lowest BCUT2D eigenvalue weighted by molar-refractivity contribution is 0.0601. The number of nitrogens with zero attached hydrogens (tertiary/aromatic N) is 2. The fourth-order valence-corrected chi connectivity index (χ4v) is 2.90. The van der Waals surface area contributed by atoms with Crippen molar-refractivity contribution in [2.75, 3.05) is 17.7 Å². The molecule has 144 valence electrons. The van der Waals surface area contributed by atoms with Gasteiger partial charge in [-0.25, -0.2) is 14.8 Å². The molecule has 1 aromatic heterocycles. The molecule has 0 spiro atoms. The van der Waals surface area contributed by atoms with Crippen molar-refractivity contribution in [2.45, 2.75) is 26.7 Å². The predicted molar refractivity (Wildman–Crippen MR) is 112 cm³/mol. The molecule has 1 heterocycles. The van der Waals surface area contributed by atoms with E-state index in [1.165, 1.54) is 12.7 Å². The summed E-state index contributed by atoms with van der Waals surface area (Å²) in [7, 11) is 1.37. The first kappa shape index (κ1) is 19.4. The highest BCUT2D eigenvalue weighted by molar-refractivity contribution is 5.89. The van der Waals surface area contributed by atoms with E-state index in [2.05, 4.69) is 40.5 Å². The van der Waals surface area contributed by atoms with Crippen LogP contribution < -0.4 is 10.6 Å². The van der Waals surface area contributed by atoms with Gasteiger partial charge in [-0.3, -0.25) is 0 Å².